The topological polar surface area (TPSA) is 99.6 Å². The van der Waals surface area contributed by atoms with Crippen molar-refractivity contribution in [2.45, 2.75) is 76.2 Å². The second-order valence-electron chi connectivity index (χ2n) is 13.0. The molecule has 2 fully saturated rings. The van der Waals surface area contributed by atoms with Crippen LogP contribution in [0.4, 0.5) is 11.4 Å². The number of ether oxygens (including phenoxy) is 2. The molecule has 2 aromatic rings. The van der Waals surface area contributed by atoms with E-state index < -0.39 is 41.1 Å². The Hall–Kier alpha value is -3.95. The first-order valence-corrected chi connectivity index (χ1v) is 17.2. The van der Waals surface area contributed by atoms with Crippen LogP contribution < -0.4 is 9.80 Å². The molecule has 9 heteroatoms. The van der Waals surface area contributed by atoms with Crippen molar-refractivity contribution in [3.8, 4) is 0 Å². The fourth-order valence-electron chi connectivity index (χ4n) is 8.17. The molecule has 6 atom stereocenters. The third kappa shape index (κ3) is 5.67. The summed E-state index contributed by atoms with van der Waals surface area (Å²) in [7, 11) is 0. The van der Waals surface area contributed by atoms with Gasteiger partial charge in [-0.15, -0.1) is 0 Å². The van der Waals surface area contributed by atoms with Gasteiger partial charge >= 0.3 is 5.97 Å². The van der Waals surface area contributed by atoms with Gasteiger partial charge in [0.1, 0.15) is 23.2 Å². The highest BCUT2D eigenvalue weighted by Crippen LogP contribution is 2.58. The molecule has 47 heavy (non-hydrogen) atoms. The smallest absolute Gasteiger partial charge is 0.313 e. The first-order chi connectivity index (χ1) is 22.8. The number of anilines is 2. The Morgan fingerprint density at radius 1 is 0.915 bits per heavy atom. The van der Waals surface area contributed by atoms with E-state index in [1.165, 1.54) is 4.90 Å². The van der Waals surface area contributed by atoms with Crippen LogP contribution in [-0.2, 0) is 30.3 Å². The van der Waals surface area contributed by atoms with Gasteiger partial charge < -0.3 is 29.3 Å². The van der Waals surface area contributed by atoms with E-state index in [1.54, 1.807) is 4.90 Å². The number of hydrogen-bond acceptors (Lipinski definition) is 7. The Balaban J connectivity index is 1.48. The number of aliphatic hydroxyl groups is 1. The highest BCUT2D eigenvalue weighted by molar-refractivity contribution is 6.06. The number of aliphatic hydroxyl groups excluding tert-OH is 1. The molecule has 1 N–H and O–H groups in total. The molecule has 2 amide bonds. The van der Waals surface area contributed by atoms with Gasteiger partial charge in [0, 0.05) is 31.0 Å². The number of likely N-dealkylation sites (tertiary alicyclic amines) is 1. The number of hydrogen-bond donors (Lipinski definition) is 1. The lowest BCUT2D eigenvalue weighted by Gasteiger charge is -2.41. The fraction of sp³-hybridized carbons (Fsp3) is 0.500. The predicted octanol–water partition coefficient (Wildman–Crippen LogP) is 4.68. The molecule has 0 aliphatic carbocycles. The van der Waals surface area contributed by atoms with Crippen LogP contribution in [0.25, 0.3) is 0 Å². The molecular weight excluding hydrogens is 594 g/mol. The van der Waals surface area contributed by atoms with Crippen LogP contribution in [0.5, 0.6) is 0 Å². The maximum atomic E-state index is 15.0. The SMILES string of the molecule is CCN(CC)c1ccc(N2CC=C[C@]34O[C@@]5(CC)/C=C\CCCCOC(=O)[C@H]5[C@H]3C(=O)N([C@@H](CO)Cc3ccccc3)C4C2=O)cc1. The van der Waals surface area contributed by atoms with E-state index in [0.29, 0.717) is 18.5 Å². The lowest BCUT2D eigenvalue weighted by molar-refractivity contribution is -0.161. The predicted molar refractivity (Wildman–Crippen MR) is 181 cm³/mol. The van der Waals surface area contributed by atoms with E-state index in [2.05, 4.69) is 18.7 Å². The number of amides is 2. The number of fused-ring (bicyclic) bond motifs is 2. The summed E-state index contributed by atoms with van der Waals surface area (Å²) < 4.78 is 12.9. The molecule has 0 aromatic heterocycles. The number of carbonyl (C=O) groups is 3. The Bertz CT molecular complexity index is 1510. The maximum Gasteiger partial charge on any atom is 0.313 e. The number of rotatable bonds is 9. The molecule has 0 radical (unpaired) electrons. The Labute approximate surface area is 277 Å². The average Bonchev–Trinajstić information content (AvgIpc) is 3.46. The minimum atomic E-state index is -1.44. The van der Waals surface area contributed by atoms with Gasteiger partial charge in [-0.05, 0) is 75.8 Å². The largest absolute Gasteiger partial charge is 0.465 e. The molecule has 2 saturated heterocycles. The molecule has 6 rings (SSSR count). The maximum absolute atomic E-state index is 15.0. The molecule has 1 spiro atoms. The van der Waals surface area contributed by atoms with Gasteiger partial charge in [-0.3, -0.25) is 14.4 Å². The summed E-state index contributed by atoms with van der Waals surface area (Å²) in [5.41, 5.74) is 0.126. The Morgan fingerprint density at radius 3 is 2.34 bits per heavy atom. The zero-order chi connectivity index (χ0) is 33.2. The molecule has 4 aliphatic heterocycles. The highest BCUT2D eigenvalue weighted by atomic mass is 16.6. The number of carbonyl (C=O) groups excluding carboxylic acids is 3. The summed E-state index contributed by atoms with van der Waals surface area (Å²) in [4.78, 5) is 49.4. The minimum Gasteiger partial charge on any atom is -0.465 e. The molecule has 1 unspecified atom stereocenters. The normalized spacial score (nSPS) is 30.2. The van der Waals surface area contributed by atoms with Crippen LogP contribution in [0.2, 0.25) is 0 Å². The second-order valence-corrected chi connectivity index (χ2v) is 13.0. The number of benzene rings is 2. The summed E-state index contributed by atoms with van der Waals surface area (Å²) in [5.74, 6) is -3.11. The summed E-state index contributed by atoms with van der Waals surface area (Å²) in [6, 6.07) is 15.7. The van der Waals surface area contributed by atoms with E-state index in [9.17, 15) is 14.7 Å². The van der Waals surface area contributed by atoms with Crippen molar-refractivity contribution < 1.29 is 29.0 Å². The lowest BCUT2D eigenvalue weighted by Crippen LogP contribution is -2.59. The van der Waals surface area contributed by atoms with Gasteiger partial charge in [-0.1, -0.05) is 61.6 Å². The number of nitrogens with zero attached hydrogens (tertiary/aromatic N) is 3. The van der Waals surface area contributed by atoms with E-state index in [-0.39, 0.29) is 31.6 Å². The number of esters is 1. The molecule has 0 bridgehead atoms. The molecule has 9 nitrogen and oxygen atoms in total. The van der Waals surface area contributed by atoms with E-state index >= 15 is 4.79 Å². The first kappa shape index (κ1) is 33.0. The third-order valence-corrected chi connectivity index (χ3v) is 10.5. The Kier molecular flexibility index (Phi) is 9.58. The van der Waals surface area contributed by atoms with E-state index in [1.807, 2.05) is 85.8 Å². The van der Waals surface area contributed by atoms with Crippen molar-refractivity contribution in [3.63, 3.8) is 0 Å². The summed E-state index contributed by atoms with van der Waals surface area (Å²) in [6.07, 6.45) is 10.9. The molecule has 4 aliphatic rings. The molecule has 250 valence electrons. The zero-order valence-electron chi connectivity index (χ0n) is 27.7. The quantitative estimate of drug-likeness (QED) is 0.314. The van der Waals surface area contributed by atoms with Crippen LogP contribution in [-0.4, -0.2) is 83.9 Å². The van der Waals surface area contributed by atoms with Crippen molar-refractivity contribution in [3.05, 3.63) is 84.5 Å². The minimum absolute atomic E-state index is 0.267. The lowest BCUT2D eigenvalue weighted by atomic mass is 9.73. The van der Waals surface area contributed by atoms with Crippen LogP contribution in [0.1, 0.15) is 52.0 Å². The van der Waals surface area contributed by atoms with Crippen molar-refractivity contribution in [2.75, 3.05) is 42.6 Å². The standard InChI is InChI=1S/C38H47N3O6/c1-4-37-21-12-7-8-13-24-46-36(45)32(37)31-34(43)41(30(26-42)25-27-15-10-9-11-16-27)33-35(44)40(23-14-22-38(31,33)47-37)29-19-17-28(18-20-29)39(5-2)6-3/h9-12,14-22,30-33,42H,4-8,13,23-26H2,1-3H3/b21-12-/t30-,31+,32-,33?,37+,38+/m1/s1. The molecule has 0 saturated carbocycles. The van der Waals surface area contributed by atoms with Crippen molar-refractivity contribution in [2.24, 2.45) is 11.8 Å². The van der Waals surface area contributed by atoms with Gasteiger partial charge in [-0.2, -0.15) is 0 Å². The van der Waals surface area contributed by atoms with Crippen LogP contribution >= 0.6 is 0 Å². The summed E-state index contributed by atoms with van der Waals surface area (Å²) >= 11 is 0. The molecule has 4 heterocycles. The van der Waals surface area contributed by atoms with Crippen molar-refractivity contribution >= 4 is 29.2 Å². The van der Waals surface area contributed by atoms with Gasteiger partial charge in [0.2, 0.25) is 5.91 Å². The number of cyclic esters (lactones) is 1. The van der Waals surface area contributed by atoms with Crippen molar-refractivity contribution in [1.82, 2.24) is 4.90 Å². The monoisotopic (exact) mass is 641 g/mol. The van der Waals surface area contributed by atoms with Crippen LogP contribution in [0.3, 0.4) is 0 Å². The second kappa shape index (κ2) is 13.6. The molecule has 2 aromatic carbocycles. The Morgan fingerprint density at radius 2 is 1.66 bits per heavy atom. The fourth-order valence-corrected chi connectivity index (χ4v) is 8.17. The van der Waals surface area contributed by atoms with Crippen molar-refractivity contribution in [1.29, 1.82) is 0 Å². The van der Waals surface area contributed by atoms with Crippen LogP contribution in [0.15, 0.2) is 78.9 Å². The number of allylic oxidation sites excluding steroid dienone is 1. The van der Waals surface area contributed by atoms with E-state index in [0.717, 1.165) is 43.6 Å². The summed E-state index contributed by atoms with van der Waals surface area (Å²) in [6.45, 7) is 8.07. The van der Waals surface area contributed by atoms with Gasteiger partial charge in [0.25, 0.3) is 5.91 Å². The first-order valence-electron chi connectivity index (χ1n) is 17.2. The zero-order valence-corrected chi connectivity index (χ0v) is 27.7. The highest BCUT2D eigenvalue weighted by Gasteiger charge is 2.76. The van der Waals surface area contributed by atoms with Crippen LogP contribution in [0, 0.1) is 11.8 Å². The van der Waals surface area contributed by atoms with Gasteiger partial charge in [0.15, 0.2) is 0 Å². The molecular formula is C38H47N3O6. The van der Waals surface area contributed by atoms with Gasteiger partial charge in [-0.25, -0.2) is 0 Å². The average molecular weight is 642 g/mol. The summed E-state index contributed by atoms with van der Waals surface area (Å²) in [5, 5.41) is 10.8. The van der Waals surface area contributed by atoms with Gasteiger partial charge in [0.05, 0.1) is 25.2 Å². The van der Waals surface area contributed by atoms with E-state index in [4.69, 9.17) is 9.47 Å². The third-order valence-electron chi connectivity index (χ3n) is 10.5.